The van der Waals surface area contributed by atoms with Gasteiger partial charge in [-0.25, -0.2) is 0 Å². The van der Waals surface area contributed by atoms with Crippen molar-refractivity contribution in [3.05, 3.63) is 29.8 Å². The van der Waals surface area contributed by atoms with Crippen molar-refractivity contribution in [3.8, 4) is 0 Å². The van der Waals surface area contributed by atoms with Gasteiger partial charge in [-0.3, -0.25) is 4.79 Å². The van der Waals surface area contributed by atoms with Crippen molar-refractivity contribution in [3.63, 3.8) is 0 Å². The Morgan fingerprint density at radius 1 is 1.28 bits per heavy atom. The Hall–Kier alpha value is -1.51. The number of anilines is 1. The molecule has 1 aliphatic carbocycles. The summed E-state index contributed by atoms with van der Waals surface area (Å²) in [5, 5.41) is 3.34. The molecule has 0 aromatic heterocycles. The topological polar surface area (TPSA) is 55.1 Å². The molecule has 0 bridgehead atoms. The van der Waals surface area contributed by atoms with Gasteiger partial charge in [-0.15, -0.1) is 0 Å². The molecule has 98 valence electrons. The van der Waals surface area contributed by atoms with Crippen LogP contribution in [-0.4, -0.2) is 11.9 Å². The van der Waals surface area contributed by atoms with Crippen LogP contribution in [0.5, 0.6) is 0 Å². The van der Waals surface area contributed by atoms with E-state index in [4.69, 9.17) is 5.73 Å². The second-order valence-electron chi connectivity index (χ2n) is 5.24. The fraction of sp³-hybridized carbons (Fsp3) is 0.533. The van der Waals surface area contributed by atoms with Gasteiger partial charge >= 0.3 is 0 Å². The molecule has 3 N–H and O–H groups in total. The number of para-hydroxylation sites is 1. The van der Waals surface area contributed by atoms with Crippen molar-refractivity contribution in [1.29, 1.82) is 0 Å². The van der Waals surface area contributed by atoms with E-state index in [0.29, 0.717) is 5.92 Å². The highest BCUT2D eigenvalue weighted by molar-refractivity contribution is 5.83. The first kappa shape index (κ1) is 12.9. The monoisotopic (exact) mass is 246 g/mol. The molecule has 1 atom stereocenters. The second kappa shape index (κ2) is 5.89. The number of hydrogen-bond donors (Lipinski definition) is 2. The first-order valence-corrected chi connectivity index (χ1v) is 6.80. The average molecular weight is 246 g/mol. The molecule has 0 heterocycles. The van der Waals surface area contributed by atoms with Gasteiger partial charge in [-0.2, -0.15) is 0 Å². The summed E-state index contributed by atoms with van der Waals surface area (Å²) in [7, 11) is 0. The average Bonchev–Trinajstić information content (AvgIpc) is 2.38. The van der Waals surface area contributed by atoms with E-state index in [1.165, 1.54) is 19.3 Å². The molecule has 1 amide bonds. The predicted octanol–water partition coefficient (Wildman–Crippen LogP) is 2.84. The van der Waals surface area contributed by atoms with Gasteiger partial charge in [0.15, 0.2) is 0 Å². The van der Waals surface area contributed by atoms with Gasteiger partial charge in [0.2, 0.25) is 5.91 Å². The molecule has 1 aromatic carbocycles. The molecule has 0 aliphatic heterocycles. The van der Waals surface area contributed by atoms with Crippen LogP contribution >= 0.6 is 0 Å². The summed E-state index contributed by atoms with van der Waals surface area (Å²) in [6, 6.07) is 7.80. The number of primary amides is 1. The van der Waals surface area contributed by atoms with Gasteiger partial charge in [0.05, 0.1) is 0 Å². The van der Waals surface area contributed by atoms with E-state index in [1.54, 1.807) is 0 Å². The highest BCUT2D eigenvalue weighted by atomic mass is 16.1. The molecular formula is C15H22N2O. The SMILES string of the molecule is Cc1ccccc1NC(C(N)=O)C1CCCCC1. The van der Waals surface area contributed by atoms with Gasteiger partial charge in [-0.1, -0.05) is 37.5 Å². The van der Waals surface area contributed by atoms with E-state index in [9.17, 15) is 4.79 Å². The number of nitrogens with two attached hydrogens (primary N) is 1. The number of benzene rings is 1. The molecule has 1 aliphatic rings. The molecule has 2 rings (SSSR count). The third-order valence-electron chi connectivity index (χ3n) is 3.88. The van der Waals surface area contributed by atoms with Crippen LogP contribution in [0.1, 0.15) is 37.7 Å². The molecule has 0 spiro atoms. The van der Waals surface area contributed by atoms with Crippen LogP contribution in [0.25, 0.3) is 0 Å². The Balaban J connectivity index is 2.11. The van der Waals surface area contributed by atoms with E-state index < -0.39 is 0 Å². The lowest BCUT2D eigenvalue weighted by molar-refractivity contribution is -0.120. The lowest BCUT2D eigenvalue weighted by Crippen LogP contribution is -2.42. The molecule has 1 fully saturated rings. The molecule has 1 saturated carbocycles. The Bertz CT molecular complexity index is 411. The van der Waals surface area contributed by atoms with Gasteiger partial charge < -0.3 is 11.1 Å². The van der Waals surface area contributed by atoms with Crippen LogP contribution in [0.2, 0.25) is 0 Å². The molecule has 18 heavy (non-hydrogen) atoms. The molecule has 0 radical (unpaired) electrons. The van der Waals surface area contributed by atoms with Crippen molar-refractivity contribution >= 4 is 11.6 Å². The van der Waals surface area contributed by atoms with Crippen molar-refractivity contribution in [2.24, 2.45) is 11.7 Å². The number of rotatable bonds is 4. The second-order valence-corrected chi connectivity index (χ2v) is 5.24. The number of carbonyl (C=O) groups is 1. The van der Waals surface area contributed by atoms with Crippen LogP contribution in [0.3, 0.4) is 0 Å². The maximum absolute atomic E-state index is 11.7. The number of hydrogen-bond acceptors (Lipinski definition) is 2. The predicted molar refractivity (Wildman–Crippen MR) is 74.4 cm³/mol. The van der Waals surface area contributed by atoms with Crippen LogP contribution in [0.15, 0.2) is 24.3 Å². The van der Waals surface area contributed by atoms with Crippen LogP contribution in [0.4, 0.5) is 5.69 Å². The van der Waals surface area contributed by atoms with E-state index in [1.807, 2.05) is 31.2 Å². The number of amides is 1. The van der Waals surface area contributed by atoms with Crippen LogP contribution in [-0.2, 0) is 4.79 Å². The third-order valence-corrected chi connectivity index (χ3v) is 3.88. The molecule has 0 saturated heterocycles. The van der Waals surface area contributed by atoms with E-state index in [2.05, 4.69) is 5.32 Å². The summed E-state index contributed by atoms with van der Waals surface area (Å²) in [4.78, 5) is 11.7. The summed E-state index contributed by atoms with van der Waals surface area (Å²) in [6.07, 6.45) is 5.92. The smallest absolute Gasteiger partial charge is 0.240 e. The van der Waals surface area contributed by atoms with Crippen LogP contribution in [0, 0.1) is 12.8 Å². The number of aryl methyl sites for hydroxylation is 1. The highest BCUT2D eigenvalue weighted by Gasteiger charge is 2.27. The first-order valence-electron chi connectivity index (χ1n) is 6.80. The minimum atomic E-state index is -0.231. The van der Waals surface area contributed by atoms with E-state index in [0.717, 1.165) is 24.1 Å². The van der Waals surface area contributed by atoms with E-state index >= 15 is 0 Å². The fourth-order valence-electron chi connectivity index (χ4n) is 2.79. The standard InChI is InChI=1S/C15H22N2O/c1-11-7-5-6-10-13(11)17-14(15(16)18)12-8-3-2-4-9-12/h5-7,10,12,14,17H,2-4,8-9H2,1H3,(H2,16,18). The minimum Gasteiger partial charge on any atom is -0.373 e. The molecule has 1 unspecified atom stereocenters. The van der Waals surface area contributed by atoms with Gasteiger partial charge in [0, 0.05) is 5.69 Å². The maximum atomic E-state index is 11.7. The zero-order valence-electron chi connectivity index (χ0n) is 11.0. The van der Waals surface area contributed by atoms with Gasteiger partial charge in [-0.05, 0) is 37.3 Å². The lowest BCUT2D eigenvalue weighted by Gasteiger charge is -2.29. The quantitative estimate of drug-likeness (QED) is 0.858. The normalized spacial score (nSPS) is 18.3. The van der Waals surface area contributed by atoms with E-state index in [-0.39, 0.29) is 11.9 Å². The zero-order chi connectivity index (χ0) is 13.0. The zero-order valence-corrected chi connectivity index (χ0v) is 11.0. The van der Waals surface area contributed by atoms with Crippen molar-refractivity contribution in [2.75, 3.05) is 5.32 Å². The van der Waals surface area contributed by atoms with Gasteiger partial charge in [0.1, 0.15) is 6.04 Å². The number of carbonyl (C=O) groups excluding carboxylic acids is 1. The lowest BCUT2D eigenvalue weighted by atomic mass is 9.83. The molecule has 1 aromatic rings. The largest absolute Gasteiger partial charge is 0.373 e. The highest BCUT2D eigenvalue weighted by Crippen LogP contribution is 2.28. The van der Waals surface area contributed by atoms with Crippen LogP contribution < -0.4 is 11.1 Å². The minimum absolute atomic E-state index is 0.230. The Labute approximate surface area is 109 Å². The molecule has 3 heteroatoms. The third kappa shape index (κ3) is 3.03. The van der Waals surface area contributed by atoms with Crippen molar-refractivity contribution in [1.82, 2.24) is 0 Å². The Kier molecular flexibility index (Phi) is 4.24. The molecular weight excluding hydrogens is 224 g/mol. The van der Waals surface area contributed by atoms with Crippen molar-refractivity contribution < 1.29 is 4.79 Å². The summed E-state index contributed by atoms with van der Waals surface area (Å²) >= 11 is 0. The first-order chi connectivity index (χ1) is 8.68. The summed E-state index contributed by atoms with van der Waals surface area (Å²) in [5.74, 6) is 0.154. The summed E-state index contributed by atoms with van der Waals surface area (Å²) in [5.41, 5.74) is 7.74. The van der Waals surface area contributed by atoms with Gasteiger partial charge in [0.25, 0.3) is 0 Å². The van der Waals surface area contributed by atoms with Crippen molar-refractivity contribution in [2.45, 2.75) is 45.1 Å². The molecule has 3 nitrogen and oxygen atoms in total. The summed E-state index contributed by atoms with van der Waals surface area (Å²) < 4.78 is 0. The maximum Gasteiger partial charge on any atom is 0.240 e. The summed E-state index contributed by atoms with van der Waals surface area (Å²) in [6.45, 7) is 2.04. The Morgan fingerprint density at radius 2 is 1.94 bits per heavy atom. The fourth-order valence-corrected chi connectivity index (χ4v) is 2.79. The Morgan fingerprint density at radius 3 is 2.56 bits per heavy atom. The number of nitrogens with one attached hydrogen (secondary N) is 1.